The number of hydrogen-bond acceptors (Lipinski definition) is 4. The normalized spacial score (nSPS) is 13.6. The summed E-state index contributed by atoms with van der Waals surface area (Å²) in [5.74, 6) is -0.391. The van der Waals surface area contributed by atoms with Gasteiger partial charge in [-0.1, -0.05) is 26.0 Å². The number of piperidine rings is 1. The molecule has 2 aromatic rings. The zero-order chi connectivity index (χ0) is 22.2. The van der Waals surface area contributed by atoms with Crippen molar-refractivity contribution in [3.8, 4) is 0 Å². The van der Waals surface area contributed by atoms with Crippen LogP contribution in [0.15, 0.2) is 48.5 Å². The Hall–Kier alpha value is -3.35. The van der Waals surface area contributed by atoms with Crippen molar-refractivity contribution in [1.82, 2.24) is 4.90 Å². The van der Waals surface area contributed by atoms with Gasteiger partial charge in [-0.3, -0.25) is 14.4 Å². The lowest BCUT2D eigenvalue weighted by molar-refractivity contribution is -0.119. The third-order valence-corrected chi connectivity index (χ3v) is 5.14. The minimum Gasteiger partial charge on any atom is -0.376 e. The molecule has 0 bridgehead atoms. The molecule has 0 saturated carbocycles. The Morgan fingerprint density at radius 2 is 1.52 bits per heavy atom. The molecule has 0 radical (unpaired) electrons. The Balaban J connectivity index is 1.54. The van der Waals surface area contributed by atoms with Gasteiger partial charge in [0.15, 0.2) is 0 Å². The summed E-state index contributed by atoms with van der Waals surface area (Å²) < 4.78 is 0. The van der Waals surface area contributed by atoms with E-state index in [0.29, 0.717) is 16.9 Å². The van der Waals surface area contributed by atoms with Crippen LogP contribution in [0.25, 0.3) is 0 Å². The van der Waals surface area contributed by atoms with Gasteiger partial charge in [0.2, 0.25) is 11.8 Å². The highest BCUT2D eigenvalue weighted by Crippen LogP contribution is 2.18. The molecule has 1 aliphatic rings. The summed E-state index contributed by atoms with van der Waals surface area (Å²) in [4.78, 5) is 38.8. The van der Waals surface area contributed by atoms with Gasteiger partial charge in [-0.25, -0.2) is 0 Å². The minimum atomic E-state index is -0.222. The van der Waals surface area contributed by atoms with Gasteiger partial charge in [-0.2, -0.15) is 0 Å². The zero-order valence-corrected chi connectivity index (χ0v) is 18.1. The number of nitrogens with zero attached hydrogens (tertiary/aromatic N) is 1. The Morgan fingerprint density at radius 3 is 2.23 bits per heavy atom. The molecule has 1 fully saturated rings. The molecular weight excluding hydrogens is 392 g/mol. The number of amides is 3. The highest BCUT2D eigenvalue weighted by molar-refractivity contribution is 5.97. The average molecular weight is 423 g/mol. The molecule has 3 amide bonds. The fourth-order valence-corrected chi connectivity index (χ4v) is 3.39. The monoisotopic (exact) mass is 422 g/mol. The molecule has 0 spiro atoms. The fourth-order valence-electron chi connectivity index (χ4n) is 3.39. The summed E-state index contributed by atoms with van der Waals surface area (Å²) in [6.07, 6.45) is 3.27. The van der Waals surface area contributed by atoms with Gasteiger partial charge in [0, 0.05) is 41.6 Å². The van der Waals surface area contributed by atoms with E-state index in [2.05, 4.69) is 16.0 Å². The number of benzene rings is 2. The molecule has 0 aromatic heterocycles. The van der Waals surface area contributed by atoms with Crippen molar-refractivity contribution in [3.63, 3.8) is 0 Å². The van der Waals surface area contributed by atoms with E-state index in [1.807, 2.05) is 30.9 Å². The van der Waals surface area contributed by atoms with Crippen molar-refractivity contribution in [2.75, 3.05) is 35.6 Å². The van der Waals surface area contributed by atoms with Crippen LogP contribution in [0.2, 0.25) is 0 Å². The molecule has 3 rings (SSSR count). The van der Waals surface area contributed by atoms with Crippen LogP contribution in [0.5, 0.6) is 0 Å². The SMILES string of the molecule is CC(C)C(=O)Nc1cccc(NC(=O)CNc2cccc(C(=O)N3CCCCC3)c2)c1. The second kappa shape index (κ2) is 10.6. The molecule has 1 saturated heterocycles. The number of carbonyl (C=O) groups excluding carboxylic acids is 3. The topological polar surface area (TPSA) is 90.5 Å². The highest BCUT2D eigenvalue weighted by atomic mass is 16.2. The van der Waals surface area contributed by atoms with Crippen LogP contribution in [-0.4, -0.2) is 42.3 Å². The molecule has 7 heteroatoms. The average Bonchev–Trinajstić information content (AvgIpc) is 2.78. The summed E-state index contributed by atoms with van der Waals surface area (Å²) >= 11 is 0. The quantitative estimate of drug-likeness (QED) is 0.630. The maximum Gasteiger partial charge on any atom is 0.253 e. The van der Waals surface area contributed by atoms with Gasteiger partial charge in [-0.05, 0) is 55.7 Å². The van der Waals surface area contributed by atoms with E-state index in [0.717, 1.165) is 31.6 Å². The molecule has 31 heavy (non-hydrogen) atoms. The Labute approximate surface area is 183 Å². The molecule has 1 aliphatic heterocycles. The Morgan fingerprint density at radius 1 is 0.871 bits per heavy atom. The smallest absolute Gasteiger partial charge is 0.253 e. The van der Waals surface area contributed by atoms with Crippen LogP contribution in [0.1, 0.15) is 43.5 Å². The van der Waals surface area contributed by atoms with Crippen molar-refractivity contribution < 1.29 is 14.4 Å². The first kappa shape index (κ1) is 22.3. The third kappa shape index (κ3) is 6.57. The molecule has 1 heterocycles. The molecule has 3 N–H and O–H groups in total. The van der Waals surface area contributed by atoms with E-state index in [1.165, 1.54) is 6.42 Å². The molecule has 0 unspecified atom stereocenters. The summed E-state index contributed by atoms with van der Waals surface area (Å²) in [5.41, 5.74) is 2.58. The zero-order valence-electron chi connectivity index (χ0n) is 18.1. The lowest BCUT2D eigenvalue weighted by Gasteiger charge is -2.26. The minimum absolute atomic E-state index is 0.0352. The Kier molecular flexibility index (Phi) is 7.65. The highest BCUT2D eigenvalue weighted by Gasteiger charge is 2.18. The molecule has 0 aliphatic carbocycles. The fraction of sp³-hybridized carbons (Fsp3) is 0.375. The summed E-state index contributed by atoms with van der Waals surface area (Å²) in [6.45, 7) is 5.30. The van der Waals surface area contributed by atoms with Gasteiger partial charge in [0.1, 0.15) is 0 Å². The molecule has 164 valence electrons. The Bertz CT molecular complexity index is 936. The molecule has 7 nitrogen and oxygen atoms in total. The second-order valence-electron chi connectivity index (χ2n) is 8.06. The first-order valence-corrected chi connectivity index (χ1v) is 10.8. The van der Waals surface area contributed by atoms with Crippen molar-refractivity contribution in [2.45, 2.75) is 33.1 Å². The van der Waals surface area contributed by atoms with Crippen LogP contribution in [-0.2, 0) is 9.59 Å². The maximum absolute atomic E-state index is 12.7. The van der Waals surface area contributed by atoms with E-state index in [1.54, 1.807) is 36.4 Å². The van der Waals surface area contributed by atoms with Crippen molar-refractivity contribution in [2.24, 2.45) is 5.92 Å². The van der Waals surface area contributed by atoms with E-state index < -0.39 is 0 Å². The number of rotatable bonds is 7. The van der Waals surface area contributed by atoms with Gasteiger partial charge in [0.05, 0.1) is 6.54 Å². The van der Waals surface area contributed by atoms with Crippen LogP contribution in [0.3, 0.4) is 0 Å². The van der Waals surface area contributed by atoms with Gasteiger partial charge in [-0.15, -0.1) is 0 Å². The van der Waals surface area contributed by atoms with Crippen LogP contribution in [0.4, 0.5) is 17.1 Å². The molecule has 0 atom stereocenters. The van der Waals surface area contributed by atoms with Crippen LogP contribution in [0, 0.1) is 5.92 Å². The van der Waals surface area contributed by atoms with E-state index in [9.17, 15) is 14.4 Å². The summed E-state index contributed by atoms with van der Waals surface area (Å²) in [5, 5.41) is 8.70. The maximum atomic E-state index is 12.7. The van der Waals surface area contributed by atoms with E-state index in [4.69, 9.17) is 0 Å². The van der Waals surface area contributed by atoms with E-state index >= 15 is 0 Å². The van der Waals surface area contributed by atoms with E-state index in [-0.39, 0.29) is 30.2 Å². The first-order valence-electron chi connectivity index (χ1n) is 10.8. The number of likely N-dealkylation sites (tertiary alicyclic amines) is 1. The lowest BCUT2D eigenvalue weighted by atomic mass is 10.1. The standard InChI is InChI=1S/C24H30N4O3/c1-17(2)23(30)27-21-11-7-10-20(15-21)26-22(29)16-25-19-9-6-8-18(14-19)24(31)28-12-4-3-5-13-28/h6-11,14-15,17,25H,3-5,12-13,16H2,1-2H3,(H,26,29)(H,27,30). The largest absolute Gasteiger partial charge is 0.376 e. The van der Waals surface area contributed by atoms with Gasteiger partial charge >= 0.3 is 0 Å². The lowest BCUT2D eigenvalue weighted by Crippen LogP contribution is -2.35. The predicted molar refractivity (Wildman–Crippen MR) is 123 cm³/mol. The van der Waals surface area contributed by atoms with Crippen molar-refractivity contribution in [1.29, 1.82) is 0 Å². The van der Waals surface area contributed by atoms with Crippen LogP contribution < -0.4 is 16.0 Å². The molecular formula is C24H30N4O3. The van der Waals surface area contributed by atoms with Crippen LogP contribution >= 0.6 is 0 Å². The third-order valence-electron chi connectivity index (χ3n) is 5.14. The van der Waals surface area contributed by atoms with Crippen molar-refractivity contribution in [3.05, 3.63) is 54.1 Å². The number of anilines is 3. The summed E-state index contributed by atoms with van der Waals surface area (Å²) in [7, 11) is 0. The first-order chi connectivity index (χ1) is 14.9. The number of hydrogen-bond donors (Lipinski definition) is 3. The predicted octanol–water partition coefficient (Wildman–Crippen LogP) is 3.96. The second-order valence-corrected chi connectivity index (χ2v) is 8.06. The van der Waals surface area contributed by atoms with Crippen molar-refractivity contribution >= 4 is 34.8 Å². The van der Waals surface area contributed by atoms with Gasteiger partial charge in [0.25, 0.3) is 5.91 Å². The summed E-state index contributed by atoms with van der Waals surface area (Å²) in [6, 6.07) is 14.3. The number of carbonyl (C=O) groups is 3. The van der Waals surface area contributed by atoms with Gasteiger partial charge < -0.3 is 20.9 Å². The molecule has 2 aromatic carbocycles. The number of nitrogens with one attached hydrogen (secondary N) is 3.